The molecule has 4 nitrogen and oxygen atoms in total. The minimum absolute atomic E-state index is 0.0298. The van der Waals surface area contributed by atoms with Crippen LogP contribution in [0.15, 0.2) is 40.8 Å². The number of aryl methyl sites for hydroxylation is 1. The maximum atomic E-state index is 5.92. The highest BCUT2D eigenvalue weighted by Crippen LogP contribution is 2.25. The van der Waals surface area contributed by atoms with Gasteiger partial charge in [0.05, 0.1) is 5.69 Å². The summed E-state index contributed by atoms with van der Waals surface area (Å²) in [7, 11) is 1.98. The molecule has 17 heavy (non-hydrogen) atoms. The lowest BCUT2D eigenvalue weighted by molar-refractivity contribution is 0.674. The van der Waals surface area contributed by atoms with Gasteiger partial charge in [0, 0.05) is 36.6 Å². The second-order valence-corrected chi connectivity index (χ2v) is 4.90. The molecule has 0 radical (unpaired) electrons. The third-order valence-corrected chi connectivity index (χ3v) is 3.62. The van der Waals surface area contributed by atoms with E-state index in [1.54, 1.807) is 18.0 Å². The van der Waals surface area contributed by atoms with Crippen LogP contribution in [-0.2, 0) is 7.05 Å². The van der Waals surface area contributed by atoms with Crippen LogP contribution in [0, 0.1) is 0 Å². The molecule has 0 aliphatic heterocycles. The predicted octanol–water partition coefficient (Wildman–Crippen LogP) is 2.38. The molecule has 1 atom stereocenters. The molecule has 5 heteroatoms. The van der Waals surface area contributed by atoms with E-state index in [2.05, 4.69) is 16.9 Å². The van der Waals surface area contributed by atoms with Crippen LogP contribution in [0.1, 0.15) is 25.1 Å². The summed E-state index contributed by atoms with van der Waals surface area (Å²) < 4.78 is 1.98. The molecule has 90 valence electrons. The highest BCUT2D eigenvalue weighted by molar-refractivity contribution is 7.99. The lowest BCUT2D eigenvalue weighted by atomic mass is 10.1. The van der Waals surface area contributed by atoms with Gasteiger partial charge in [0.25, 0.3) is 0 Å². The fraction of sp³-hybridized carbons (Fsp3) is 0.333. The van der Waals surface area contributed by atoms with Gasteiger partial charge >= 0.3 is 0 Å². The van der Waals surface area contributed by atoms with Crippen molar-refractivity contribution in [3.05, 3.63) is 36.4 Å². The van der Waals surface area contributed by atoms with Crippen LogP contribution in [-0.4, -0.2) is 14.5 Å². The normalized spacial score (nSPS) is 12.6. The monoisotopic (exact) mass is 248 g/mol. The Morgan fingerprint density at radius 1 is 1.41 bits per heavy atom. The topological polar surface area (TPSA) is 56.7 Å². The van der Waals surface area contributed by atoms with Crippen LogP contribution in [0.4, 0.5) is 0 Å². The van der Waals surface area contributed by atoms with E-state index >= 15 is 0 Å². The zero-order chi connectivity index (χ0) is 12.3. The predicted molar refractivity (Wildman–Crippen MR) is 68.8 cm³/mol. The van der Waals surface area contributed by atoms with E-state index in [1.165, 1.54) is 0 Å². The summed E-state index contributed by atoms with van der Waals surface area (Å²) in [6, 6.07) is 4.05. The number of hydrogen-bond acceptors (Lipinski definition) is 4. The van der Waals surface area contributed by atoms with Gasteiger partial charge in [-0.05, 0) is 18.6 Å². The quantitative estimate of drug-likeness (QED) is 0.902. The van der Waals surface area contributed by atoms with Gasteiger partial charge in [-0.1, -0.05) is 18.7 Å². The van der Waals surface area contributed by atoms with E-state index in [0.717, 1.165) is 22.2 Å². The molecule has 0 fully saturated rings. The summed E-state index contributed by atoms with van der Waals surface area (Å²) in [5, 5.41) is 0.958. The van der Waals surface area contributed by atoms with Crippen molar-refractivity contribution in [3.8, 4) is 0 Å². The number of nitrogens with zero attached hydrogens (tertiary/aromatic N) is 3. The molecule has 0 saturated carbocycles. The minimum atomic E-state index is 0.0298. The van der Waals surface area contributed by atoms with Crippen molar-refractivity contribution in [2.24, 2.45) is 12.8 Å². The number of hydrogen-bond donors (Lipinski definition) is 1. The van der Waals surface area contributed by atoms with E-state index in [-0.39, 0.29) is 6.04 Å². The number of pyridine rings is 1. The van der Waals surface area contributed by atoms with E-state index < -0.39 is 0 Å². The summed E-state index contributed by atoms with van der Waals surface area (Å²) in [5.74, 6) is 0. The second kappa shape index (κ2) is 5.33. The first kappa shape index (κ1) is 12.1. The molecular formula is C12H16N4S. The molecule has 0 saturated heterocycles. The van der Waals surface area contributed by atoms with Crippen LogP contribution in [0.2, 0.25) is 0 Å². The zero-order valence-electron chi connectivity index (χ0n) is 10.00. The fourth-order valence-corrected chi connectivity index (χ4v) is 2.21. The van der Waals surface area contributed by atoms with E-state index in [0.29, 0.717) is 0 Å². The molecule has 0 amide bonds. The van der Waals surface area contributed by atoms with Crippen molar-refractivity contribution in [2.75, 3.05) is 0 Å². The van der Waals surface area contributed by atoms with E-state index in [1.807, 2.05) is 36.1 Å². The molecule has 0 bridgehead atoms. The minimum Gasteiger partial charge on any atom is -0.329 e. The molecule has 2 rings (SSSR count). The first-order valence-electron chi connectivity index (χ1n) is 5.57. The summed E-state index contributed by atoms with van der Waals surface area (Å²) >= 11 is 1.60. The Bertz CT molecular complexity index is 478. The molecule has 0 spiro atoms. The van der Waals surface area contributed by atoms with Crippen molar-refractivity contribution in [1.82, 2.24) is 14.5 Å². The summed E-state index contributed by atoms with van der Waals surface area (Å²) in [6.45, 7) is 2.06. The SMILES string of the molecule is CCC(N)c1ccc(Sc2nccn2C)cn1. The number of nitrogens with two attached hydrogens (primary N) is 1. The van der Waals surface area contributed by atoms with Crippen molar-refractivity contribution in [1.29, 1.82) is 0 Å². The van der Waals surface area contributed by atoms with Gasteiger partial charge in [0.15, 0.2) is 5.16 Å². The second-order valence-electron chi connectivity index (χ2n) is 3.86. The number of aromatic nitrogens is 3. The number of rotatable bonds is 4. The van der Waals surface area contributed by atoms with E-state index in [4.69, 9.17) is 5.73 Å². The third kappa shape index (κ3) is 2.87. The molecule has 2 heterocycles. The van der Waals surface area contributed by atoms with Gasteiger partial charge < -0.3 is 10.3 Å². The van der Waals surface area contributed by atoms with Gasteiger partial charge in [-0.15, -0.1) is 0 Å². The Hall–Kier alpha value is -1.33. The molecule has 2 aromatic rings. The van der Waals surface area contributed by atoms with Crippen LogP contribution in [0.5, 0.6) is 0 Å². The average molecular weight is 248 g/mol. The Kier molecular flexibility index (Phi) is 3.81. The van der Waals surface area contributed by atoms with Gasteiger partial charge in [-0.25, -0.2) is 4.98 Å². The lowest BCUT2D eigenvalue weighted by Gasteiger charge is -2.08. The van der Waals surface area contributed by atoms with Crippen molar-refractivity contribution < 1.29 is 0 Å². The first-order valence-corrected chi connectivity index (χ1v) is 6.39. The first-order chi connectivity index (χ1) is 8.20. The van der Waals surface area contributed by atoms with Gasteiger partial charge in [0.2, 0.25) is 0 Å². The summed E-state index contributed by atoms with van der Waals surface area (Å²) in [4.78, 5) is 9.71. The highest BCUT2D eigenvalue weighted by Gasteiger charge is 2.06. The van der Waals surface area contributed by atoms with Gasteiger partial charge in [0.1, 0.15) is 0 Å². The Morgan fingerprint density at radius 3 is 2.76 bits per heavy atom. The molecule has 0 aliphatic rings. The van der Waals surface area contributed by atoms with Crippen molar-refractivity contribution in [3.63, 3.8) is 0 Å². The summed E-state index contributed by atoms with van der Waals surface area (Å²) in [5.41, 5.74) is 6.86. The molecular weight excluding hydrogens is 232 g/mol. The standard InChI is InChI=1S/C12H16N4S/c1-3-10(13)11-5-4-9(8-15-11)17-12-14-6-7-16(12)2/h4-8,10H,3,13H2,1-2H3. The highest BCUT2D eigenvalue weighted by atomic mass is 32.2. The smallest absolute Gasteiger partial charge is 0.172 e. The van der Waals surface area contributed by atoms with Gasteiger partial charge in [-0.2, -0.15) is 0 Å². The number of imidazole rings is 1. The Labute approximate surface area is 105 Å². The largest absolute Gasteiger partial charge is 0.329 e. The average Bonchev–Trinajstić information content (AvgIpc) is 2.75. The maximum Gasteiger partial charge on any atom is 0.172 e. The molecule has 0 aromatic carbocycles. The van der Waals surface area contributed by atoms with Crippen molar-refractivity contribution in [2.45, 2.75) is 29.4 Å². The fourth-order valence-electron chi connectivity index (χ4n) is 1.44. The summed E-state index contributed by atoms with van der Waals surface area (Å²) in [6.07, 6.45) is 6.47. The third-order valence-electron chi connectivity index (χ3n) is 2.57. The van der Waals surface area contributed by atoms with E-state index in [9.17, 15) is 0 Å². The Morgan fingerprint density at radius 2 is 2.24 bits per heavy atom. The molecule has 1 unspecified atom stereocenters. The molecule has 2 N–H and O–H groups in total. The van der Waals surface area contributed by atoms with Gasteiger partial charge in [-0.3, -0.25) is 4.98 Å². The lowest BCUT2D eigenvalue weighted by Crippen LogP contribution is -2.10. The van der Waals surface area contributed by atoms with Crippen LogP contribution in [0.3, 0.4) is 0 Å². The zero-order valence-corrected chi connectivity index (χ0v) is 10.8. The Balaban J connectivity index is 2.11. The van der Waals surface area contributed by atoms with Crippen LogP contribution >= 0.6 is 11.8 Å². The van der Waals surface area contributed by atoms with Crippen LogP contribution < -0.4 is 5.73 Å². The van der Waals surface area contributed by atoms with Crippen molar-refractivity contribution >= 4 is 11.8 Å². The maximum absolute atomic E-state index is 5.92. The molecule has 2 aromatic heterocycles. The van der Waals surface area contributed by atoms with Crippen LogP contribution in [0.25, 0.3) is 0 Å². The molecule has 0 aliphatic carbocycles.